The topological polar surface area (TPSA) is 50.4 Å². The number of ether oxygens (including phenoxy) is 1. The number of halogens is 1. The van der Waals surface area contributed by atoms with Crippen molar-refractivity contribution in [2.45, 2.75) is 57.5 Å². The van der Waals surface area contributed by atoms with Gasteiger partial charge in [-0.05, 0) is 50.2 Å². The number of carbonyl (C=O) groups is 1. The van der Waals surface area contributed by atoms with E-state index in [9.17, 15) is 4.79 Å². The first kappa shape index (κ1) is 18.1. The second-order valence-corrected chi connectivity index (χ2v) is 6.57. The highest BCUT2D eigenvalue weighted by Crippen LogP contribution is 2.33. The van der Waals surface area contributed by atoms with Crippen LogP contribution in [-0.2, 0) is 4.79 Å². The average molecular weight is 339 g/mol. The Labute approximate surface area is 144 Å². The number of anilines is 1. The molecule has 0 aliphatic carbocycles. The van der Waals surface area contributed by atoms with Crippen LogP contribution in [0, 0.1) is 5.92 Å². The lowest BCUT2D eigenvalue weighted by atomic mass is 9.89. The Hall–Kier alpha value is -1.26. The van der Waals surface area contributed by atoms with Gasteiger partial charge < -0.3 is 15.4 Å². The summed E-state index contributed by atoms with van der Waals surface area (Å²) in [6.07, 6.45) is 6.40. The monoisotopic (exact) mass is 338 g/mol. The van der Waals surface area contributed by atoms with E-state index >= 15 is 0 Å². The van der Waals surface area contributed by atoms with Crippen molar-refractivity contribution in [3.63, 3.8) is 0 Å². The van der Waals surface area contributed by atoms with Gasteiger partial charge in [0.05, 0.1) is 12.3 Å². The molecule has 2 unspecified atom stereocenters. The Morgan fingerprint density at radius 1 is 1.26 bits per heavy atom. The molecule has 128 valence electrons. The van der Waals surface area contributed by atoms with E-state index in [0.717, 1.165) is 30.7 Å². The van der Waals surface area contributed by atoms with Crippen molar-refractivity contribution in [3.05, 3.63) is 24.3 Å². The van der Waals surface area contributed by atoms with Crippen LogP contribution in [-0.4, -0.2) is 24.6 Å². The summed E-state index contributed by atoms with van der Waals surface area (Å²) in [6.45, 7) is 2.75. The number of nitrogens with one attached hydrogen (secondary N) is 2. The van der Waals surface area contributed by atoms with Crippen molar-refractivity contribution in [1.82, 2.24) is 5.32 Å². The Morgan fingerprint density at radius 2 is 1.96 bits per heavy atom. The summed E-state index contributed by atoms with van der Waals surface area (Å²) in [4.78, 5) is 12.4. The van der Waals surface area contributed by atoms with Gasteiger partial charge in [0.2, 0.25) is 5.91 Å². The average Bonchev–Trinajstić information content (AvgIpc) is 2.85. The van der Waals surface area contributed by atoms with Crippen molar-refractivity contribution in [2.24, 2.45) is 5.92 Å². The van der Waals surface area contributed by atoms with Gasteiger partial charge in [0, 0.05) is 18.5 Å². The molecular formula is C18H27ClN2O2. The third kappa shape index (κ3) is 4.85. The van der Waals surface area contributed by atoms with Crippen LogP contribution in [0.5, 0.6) is 5.75 Å². The zero-order valence-electron chi connectivity index (χ0n) is 13.7. The van der Waals surface area contributed by atoms with Gasteiger partial charge in [0.1, 0.15) is 5.75 Å². The summed E-state index contributed by atoms with van der Waals surface area (Å²) in [7, 11) is 0. The molecule has 2 fully saturated rings. The third-order valence-electron chi connectivity index (χ3n) is 4.67. The summed E-state index contributed by atoms with van der Waals surface area (Å²) in [6, 6.07) is 8.96. The molecule has 4 nitrogen and oxygen atoms in total. The van der Waals surface area contributed by atoms with Crippen LogP contribution in [0.15, 0.2) is 24.3 Å². The van der Waals surface area contributed by atoms with E-state index in [0.29, 0.717) is 31.0 Å². The van der Waals surface area contributed by atoms with Gasteiger partial charge in [-0.2, -0.15) is 0 Å². The number of rotatable bonds is 6. The number of hydrogen-bond acceptors (Lipinski definition) is 3. The van der Waals surface area contributed by atoms with E-state index < -0.39 is 0 Å². The van der Waals surface area contributed by atoms with Gasteiger partial charge in [0.15, 0.2) is 0 Å². The van der Waals surface area contributed by atoms with Crippen LogP contribution in [0.25, 0.3) is 0 Å². The van der Waals surface area contributed by atoms with E-state index in [1.807, 2.05) is 24.3 Å². The Bertz CT molecular complexity index is 511. The van der Waals surface area contributed by atoms with Crippen LogP contribution >= 0.6 is 12.4 Å². The van der Waals surface area contributed by atoms with Gasteiger partial charge >= 0.3 is 0 Å². The number of carbonyl (C=O) groups excluding carboxylic acids is 1. The molecule has 0 spiro atoms. The number of piperidine rings is 1. The van der Waals surface area contributed by atoms with E-state index in [1.165, 1.54) is 12.8 Å². The first-order chi connectivity index (χ1) is 10.7. The predicted octanol–water partition coefficient (Wildman–Crippen LogP) is 3.76. The molecule has 2 saturated heterocycles. The van der Waals surface area contributed by atoms with Gasteiger partial charge in [-0.1, -0.05) is 19.1 Å². The predicted molar refractivity (Wildman–Crippen MR) is 95.4 cm³/mol. The fraction of sp³-hybridized carbons (Fsp3) is 0.611. The molecule has 0 radical (unpaired) electrons. The van der Waals surface area contributed by atoms with Crippen molar-refractivity contribution in [2.75, 3.05) is 11.9 Å². The fourth-order valence-corrected chi connectivity index (χ4v) is 3.71. The summed E-state index contributed by atoms with van der Waals surface area (Å²) >= 11 is 0. The van der Waals surface area contributed by atoms with Crippen molar-refractivity contribution >= 4 is 24.0 Å². The lowest BCUT2D eigenvalue weighted by Crippen LogP contribution is -2.39. The van der Waals surface area contributed by atoms with Gasteiger partial charge in [0.25, 0.3) is 0 Å². The first-order valence-corrected chi connectivity index (χ1v) is 8.52. The van der Waals surface area contributed by atoms with Gasteiger partial charge in [-0.25, -0.2) is 0 Å². The zero-order valence-corrected chi connectivity index (χ0v) is 14.5. The quantitative estimate of drug-likeness (QED) is 0.830. The van der Waals surface area contributed by atoms with Crippen molar-refractivity contribution in [3.8, 4) is 5.75 Å². The molecule has 0 aromatic heterocycles. The number of amides is 1. The second kappa shape index (κ2) is 8.55. The number of benzene rings is 1. The van der Waals surface area contributed by atoms with Gasteiger partial charge in [-0.15, -0.1) is 12.4 Å². The molecule has 1 amide bonds. The largest absolute Gasteiger partial charge is 0.491 e. The number of fused-ring (bicyclic) bond motifs is 2. The number of hydrogen-bond donors (Lipinski definition) is 2. The second-order valence-electron chi connectivity index (χ2n) is 6.57. The van der Waals surface area contributed by atoms with Crippen LogP contribution in [0.2, 0.25) is 0 Å². The van der Waals surface area contributed by atoms with E-state index in [-0.39, 0.29) is 18.3 Å². The van der Waals surface area contributed by atoms with Crippen molar-refractivity contribution in [1.29, 1.82) is 0 Å². The lowest BCUT2D eigenvalue weighted by Gasteiger charge is -2.28. The van der Waals surface area contributed by atoms with Crippen LogP contribution in [0.1, 0.15) is 45.4 Å². The molecule has 2 atom stereocenters. The normalized spacial score (nSPS) is 25.5. The standard InChI is InChI=1S/C18H26N2O2.ClH/c1-2-9-22-17-6-4-3-5-16(17)20-18(21)12-13-10-14-7-8-15(11-13)19-14;/h3-6,13-15,19H,2,7-12H2,1H3,(H,20,21);1H. The summed E-state index contributed by atoms with van der Waals surface area (Å²) in [5.41, 5.74) is 0.790. The molecule has 2 N–H and O–H groups in total. The summed E-state index contributed by atoms with van der Waals surface area (Å²) in [5.74, 6) is 1.39. The molecule has 5 heteroatoms. The summed E-state index contributed by atoms with van der Waals surface area (Å²) in [5, 5.41) is 6.66. The molecule has 2 aliphatic heterocycles. The molecule has 2 heterocycles. The molecule has 23 heavy (non-hydrogen) atoms. The Kier molecular flexibility index (Phi) is 6.72. The lowest BCUT2D eigenvalue weighted by molar-refractivity contribution is -0.117. The highest BCUT2D eigenvalue weighted by Gasteiger charge is 2.34. The minimum absolute atomic E-state index is 0. The molecule has 2 aliphatic rings. The highest BCUT2D eigenvalue weighted by molar-refractivity contribution is 5.92. The Balaban J connectivity index is 0.00000192. The third-order valence-corrected chi connectivity index (χ3v) is 4.67. The number of para-hydroxylation sites is 2. The maximum absolute atomic E-state index is 12.4. The van der Waals surface area contributed by atoms with Crippen molar-refractivity contribution < 1.29 is 9.53 Å². The minimum Gasteiger partial charge on any atom is -0.491 e. The van der Waals surface area contributed by atoms with Crippen LogP contribution < -0.4 is 15.4 Å². The highest BCUT2D eigenvalue weighted by atomic mass is 35.5. The Morgan fingerprint density at radius 3 is 2.65 bits per heavy atom. The molecule has 1 aromatic carbocycles. The molecule has 0 saturated carbocycles. The van der Waals surface area contributed by atoms with Gasteiger partial charge in [-0.3, -0.25) is 4.79 Å². The smallest absolute Gasteiger partial charge is 0.224 e. The molecule has 3 rings (SSSR count). The summed E-state index contributed by atoms with van der Waals surface area (Å²) < 4.78 is 5.70. The molecular weight excluding hydrogens is 312 g/mol. The molecule has 1 aromatic rings. The van der Waals surface area contributed by atoms with E-state index in [1.54, 1.807) is 0 Å². The zero-order chi connectivity index (χ0) is 15.4. The first-order valence-electron chi connectivity index (χ1n) is 8.52. The minimum atomic E-state index is 0. The molecule has 2 bridgehead atoms. The fourth-order valence-electron chi connectivity index (χ4n) is 3.71. The van der Waals surface area contributed by atoms with Crippen LogP contribution in [0.4, 0.5) is 5.69 Å². The maximum atomic E-state index is 12.4. The van der Waals surface area contributed by atoms with E-state index in [2.05, 4.69) is 17.6 Å². The maximum Gasteiger partial charge on any atom is 0.224 e. The van der Waals surface area contributed by atoms with E-state index in [4.69, 9.17) is 4.74 Å². The SMILES string of the molecule is CCCOc1ccccc1NC(=O)CC1CC2CCC(C1)N2.Cl. The van der Waals surface area contributed by atoms with Crippen LogP contribution in [0.3, 0.4) is 0 Å².